The molecule has 1 rings (SSSR count). The molecule has 0 saturated carbocycles. The number of hydrogen-bond donors (Lipinski definition) is 5. The molecular formula is C23H50N2O10. The van der Waals surface area contributed by atoms with Crippen LogP contribution in [0, 0.1) is 0 Å². The summed E-state index contributed by atoms with van der Waals surface area (Å²) in [4.78, 5) is 50.8. The van der Waals surface area contributed by atoms with Crippen LogP contribution in [0.5, 0.6) is 0 Å². The number of rotatable bonds is 9. The van der Waals surface area contributed by atoms with Crippen LogP contribution in [-0.4, -0.2) is 70.3 Å². The maximum atomic E-state index is 10.4. The van der Waals surface area contributed by atoms with Gasteiger partial charge in [-0.05, 0) is 47.0 Å². The van der Waals surface area contributed by atoms with Gasteiger partial charge in [-0.15, -0.1) is 0 Å². The van der Waals surface area contributed by atoms with Gasteiger partial charge in [0.25, 0.3) is 0 Å². The second-order valence-electron chi connectivity index (χ2n) is 7.35. The highest BCUT2D eigenvalue weighted by Crippen LogP contribution is 2.11. The number of amides is 1. The molecule has 0 bridgehead atoms. The zero-order chi connectivity index (χ0) is 26.4. The number of nitrogens with one attached hydrogen (secondary N) is 1. The van der Waals surface area contributed by atoms with Gasteiger partial charge >= 0.3 is 17.9 Å². The van der Waals surface area contributed by atoms with Crippen molar-refractivity contribution in [3.05, 3.63) is 0 Å². The van der Waals surface area contributed by atoms with E-state index in [1.807, 2.05) is 12.3 Å². The third-order valence-electron chi connectivity index (χ3n) is 3.72. The number of ether oxygens (including phenoxy) is 2. The Morgan fingerprint density at radius 1 is 1.09 bits per heavy atom. The predicted molar refractivity (Wildman–Crippen MR) is 134 cm³/mol. The van der Waals surface area contributed by atoms with E-state index < -0.39 is 18.2 Å². The minimum Gasteiger partial charge on any atom is -0.481 e. The van der Waals surface area contributed by atoms with Crippen LogP contribution in [0.3, 0.4) is 0 Å². The van der Waals surface area contributed by atoms with E-state index in [0.717, 1.165) is 6.42 Å². The normalized spacial score (nSPS) is 14.6. The van der Waals surface area contributed by atoms with Gasteiger partial charge in [-0.3, -0.25) is 24.6 Å². The lowest BCUT2D eigenvalue weighted by molar-refractivity contribution is -0.141. The van der Waals surface area contributed by atoms with Crippen LogP contribution in [0.2, 0.25) is 0 Å². The molecule has 3 atom stereocenters. The minimum atomic E-state index is -0.916. The van der Waals surface area contributed by atoms with E-state index in [0.29, 0.717) is 25.7 Å². The standard InChI is InChI=1S/C6H12O3.C5H12N2O2.C5H8O3.C5H8O2.2CH4.H2/c1-5(7)3-4-6(8)9-2;1-4(8)2-3-5(9)7-6;1-4(6)2-3-5(7)8;1-4-2-3-5(6)7-4;;;/h5,7H,3-4H2,1-2H3;4,8H,2-3,6H2,1H3,(H,7,9);2-3H2,1H3,(H,7,8);4H,2-3H2,1H3;2*1H4;1H/i;;;;;;1+1. The summed E-state index contributed by atoms with van der Waals surface area (Å²) in [6.45, 7) is 6.56. The highest BCUT2D eigenvalue weighted by molar-refractivity contribution is 5.80. The Balaban J connectivity index is -0.0000000813. The first kappa shape index (κ1) is 42.6. The predicted octanol–water partition coefficient (Wildman–Crippen LogP) is 2.13. The minimum absolute atomic E-state index is 0. The number of hydrazine groups is 1. The molecule has 1 aliphatic rings. The second-order valence-corrected chi connectivity index (χ2v) is 7.35. The Labute approximate surface area is 211 Å². The summed E-state index contributed by atoms with van der Waals surface area (Å²) in [5, 5.41) is 25.4. The molecule has 1 amide bonds. The number of esters is 2. The van der Waals surface area contributed by atoms with Crippen LogP contribution >= 0.6 is 0 Å². The largest absolute Gasteiger partial charge is 0.481 e. The summed E-state index contributed by atoms with van der Waals surface area (Å²) in [6.07, 6.45) is 2.47. The average Bonchev–Trinajstić information content (AvgIpc) is 3.12. The topological polar surface area (TPSA) is 203 Å². The SMILES string of the molecule is C.C.CC(=O)CCC(=O)O.CC(O)CCC(=O)NN.CC1CCC(=O)O1.COC(=O)CCC(C)O.[2HH]. The Kier molecular flexibility index (Phi) is 33.7. The number of cyclic esters (lactones) is 1. The number of aliphatic hydroxyl groups is 2. The van der Waals surface area contributed by atoms with Gasteiger partial charge in [-0.2, -0.15) is 0 Å². The van der Waals surface area contributed by atoms with Gasteiger partial charge in [0.05, 0.1) is 31.8 Å². The Hall–Kier alpha value is -2.57. The third-order valence-corrected chi connectivity index (χ3v) is 3.72. The number of carboxylic acid groups (broad SMARTS) is 1. The molecule has 212 valence electrons. The zero-order valence-corrected chi connectivity index (χ0v) is 20.2. The number of hydrogen-bond acceptors (Lipinski definition) is 10. The first-order chi connectivity index (χ1) is 15.2. The molecule has 1 aliphatic heterocycles. The Morgan fingerprint density at radius 2 is 1.57 bits per heavy atom. The summed E-state index contributed by atoms with van der Waals surface area (Å²) in [6, 6.07) is 0. The molecule has 6 N–H and O–H groups in total. The van der Waals surface area contributed by atoms with Gasteiger partial charge in [-0.1, -0.05) is 14.9 Å². The summed E-state index contributed by atoms with van der Waals surface area (Å²) >= 11 is 0. The first-order valence-electron chi connectivity index (χ1n) is 10.6. The molecule has 0 aromatic heterocycles. The second kappa shape index (κ2) is 27.7. The molecule has 0 radical (unpaired) electrons. The number of carbonyl (C=O) groups excluding carboxylic acids is 4. The maximum absolute atomic E-state index is 10.4. The van der Waals surface area contributed by atoms with Crippen LogP contribution in [0.15, 0.2) is 0 Å². The van der Waals surface area contributed by atoms with Crippen molar-refractivity contribution >= 4 is 29.6 Å². The van der Waals surface area contributed by atoms with Crippen LogP contribution < -0.4 is 11.3 Å². The van der Waals surface area contributed by atoms with Gasteiger partial charge in [-0.25, -0.2) is 5.84 Å². The number of Topliss-reactive ketones (excluding diaryl/α,β-unsaturated/α-hetero) is 1. The lowest BCUT2D eigenvalue weighted by Gasteiger charge is -2.00. The van der Waals surface area contributed by atoms with E-state index in [2.05, 4.69) is 4.74 Å². The lowest BCUT2D eigenvalue weighted by Crippen LogP contribution is -2.30. The molecule has 12 heteroatoms. The molecule has 0 aromatic carbocycles. The number of carboxylic acids is 1. The van der Waals surface area contributed by atoms with Crippen LogP contribution in [0.4, 0.5) is 0 Å². The van der Waals surface area contributed by atoms with Gasteiger partial charge in [0.2, 0.25) is 5.91 Å². The van der Waals surface area contributed by atoms with Crippen LogP contribution in [0.1, 0.15) is 95.3 Å². The third kappa shape index (κ3) is 42.1. The molecule has 12 nitrogen and oxygen atoms in total. The quantitative estimate of drug-likeness (QED) is 0.130. The van der Waals surface area contributed by atoms with Crippen LogP contribution in [-0.2, 0) is 33.4 Å². The van der Waals surface area contributed by atoms with E-state index in [1.54, 1.807) is 13.8 Å². The monoisotopic (exact) mass is 515 g/mol. The van der Waals surface area contributed by atoms with E-state index in [1.165, 1.54) is 14.0 Å². The fourth-order valence-corrected chi connectivity index (χ4v) is 1.79. The molecule has 0 aromatic rings. The maximum Gasteiger partial charge on any atom is 0.306 e. The van der Waals surface area contributed by atoms with E-state index in [9.17, 15) is 24.0 Å². The summed E-state index contributed by atoms with van der Waals surface area (Å²) < 4.78 is 9.07. The summed E-state index contributed by atoms with van der Waals surface area (Å²) in [5.41, 5.74) is 1.97. The molecule has 0 spiro atoms. The average molecular weight is 516 g/mol. The van der Waals surface area contributed by atoms with E-state index >= 15 is 0 Å². The Morgan fingerprint density at radius 3 is 1.80 bits per heavy atom. The smallest absolute Gasteiger partial charge is 0.306 e. The highest BCUT2D eigenvalue weighted by Gasteiger charge is 2.17. The van der Waals surface area contributed by atoms with Gasteiger partial charge in [0, 0.05) is 27.1 Å². The Bertz CT molecular complexity index is 549. The van der Waals surface area contributed by atoms with Crippen LogP contribution in [0.25, 0.3) is 0 Å². The first-order valence-corrected chi connectivity index (χ1v) is 10.6. The van der Waals surface area contributed by atoms with Crippen molar-refractivity contribution in [2.45, 2.75) is 112 Å². The number of carbonyl (C=O) groups is 5. The fraction of sp³-hybridized carbons (Fsp3) is 0.783. The van der Waals surface area contributed by atoms with E-state index in [4.69, 9.17) is 25.9 Å². The zero-order valence-electron chi connectivity index (χ0n) is 20.2. The number of ketones is 1. The molecule has 35 heavy (non-hydrogen) atoms. The molecular weight excluding hydrogens is 464 g/mol. The van der Waals surface area contributed by atoms with Crippen molar-refractivity contribution < 1.29 is 50.2 Å². The van der Waals surface area contributed by atoms with Crippen molar-refractivity contribution in [2.75, 3.05) is 7.11 Å². The number of aliphatic hydroxyl groups excluding tert-OH is 2. The number of aliphatic carboxylic acids is 1. The molecule has 3 unspecified atom stereocenters. The molecule has 1 heterocycles. The molecule has 1 saturated heterocycles. The van der Waals surface area contributed by atoms with Gasteiger partial charge < -0.3 is 29.6 Å². The van der Waals surface area contributed by atoms with Crippen molar-refractivity contribution in [2.24, 2.45) is 5.84 Å². The molecule has 1 fully saturated rings. The van der Waals surface area contributed by atoms with Gasteiger partial charge in [0.15, 0.2) is 0 Å². The van der Waals surface area contributed by atoms with Crippen molar-refractivity contribution in [1.82, 2.24) is 5.43 Å². The number of methoxy groups -OCH3 is 1. The fourth-order valence-electron chi connectivity index (χ4n) is 1.79. The highest BCUT2D eigenvalue weighted by atomic mass is 16.5. The lowest BCUT2D eigenvalue weighted by atomic mass is 10.2. The van der Waals surface area contributed by atoms with Crippen molar-refractivity contribution in [3.8, 4) is 0 Å². The van der Waals surface area contributed by atoms with Gasteiger partial charge in [0.1, 0.15) is 5.78 Å². The number of nitrogens with two attached hydrogens (primary N) is 1. The van der Waals surface area contributed by atoms with Crippen molar-refractivity contribution in [1.29, 1.82) is 0 Å². The summed E-state index contributed by atoms with van der Waals surface area (Å²) in [5.74, 6) is 3.23. The summed E-state index contributed by atoms with van der Waals surface area (Å²) in [7, 11) is 1.34. The molecule has 0 aliphatic carbocycles. The van der Waals surface area contributed by atoms with Crippen molar-refractivity contribution in [3.63, 3.8) is 0 Å². The van der Waals surface area contributed by atoms with E-state index in [-0.39, 0.29) is 65.3 Å².